The normalized spacial score (nSPS) is 10.1. The topological polar surface area (TPSA) is 88.2 Å². The number of anilines is 2. The van der Waals surface area contributed by atoms with Gasteiger partial charge in [0, 0.05) is 4.47 Å². The first kappa shape index (κ1) is 12.4. The number of aromatic nitrogens is 1. The Kier molecular flexibility index (Phi) is 3.47. The van der Waals surface area contributed by atoms with Gasteiger partial charge in [0.15, 0.2) is 0 Å². The van der Waals surface area contributed by atoms with Crippen LogP contribution in [0, 0.1) is 0 Å². The van der Waals surface area contributed by atoms with Crippen molar-refractivity contribution < 1.29 is 9.90 Å². The van der Waals surface area contributed by atoms with E-state index in [1.807, 2.05) is 0 Å². The SMILES string of the molecule is Nc1ccc(C(=O)Nc2cc(Br)ccc2O)nc1. The van der Waals surface area contributed by atoms with E-state index >= 15 is 0 Å². The Morgan fingerprint density at radius 3 is 2.78 bits per heavy atom. The van der Waals surface area contributed by atoms with Gasteiger partial charge in [0.1, 0.15) is 11.4 Å². The number of rotatable bonds is 2. The van der Waals surface area contributed by atoms with Crippen LogP contribution >= 0.6 is 15.9 Å². The number of nitrogens with zero attached hydrogens (tertiary/aromatic N) is 1. The van der Waals surface area contributed by atoms with Crippen LogP contribution in [-0.2, 0) is 0 Å². The van der Waals surface area contributed by atoms with Crippen LogP contribution in [0.25, 0.3) is 0 Å². The summed E-state index contributed by atoms with van der Waals surface area (Å²) in [5.41, 5.74) is 6.50. The summed E-state index contributed by atoms with van der Waals surface area (Å²) in [6, 6.07) is 7.86. The molecule has 0 saturated heterocycles. The third-order valence-electron chi connectivity index (χ3n) is 2.23. The van der Waals surface area contributed by atoms with Gasteiger partial charge >= 0.3 is 0 Å². The predicted octanol–water partition coefficient (Wildman–Crippen LogP) is 2.38. The molecule has 2 rings (SSSR count). The number of nitrogens with one attached hydrogen (secondary N) is 1. The lowest BCUT2D eigenvalue weighted by Crippen LogP contribution is -2.13. The van der Waals surface area contributed by atoms with Crippen molar-refractivity contribution in [3.63, 3.8) is 0 Å². The highest BCUT2D eigenvalue weighted by Gasteiger charge is 2.10. The Bertz CT molecular complexity index is 584. The van der Waals surface area contributed by atoms with Crippen molar-refractivity contribution in [3.05, 3.63) is 46.7 Å². The summed E-state index contributed by atoms with van der Waals surface area (Å²) < 4.78 is 0.751. The molecule has 1 heterocycles. The van der Waals surface area contributed by atoms with Crippen molar-refractivity contribution in [3.8, 4) is 5.75 Å². The van der Waals surface area contributed by atoms with Gasteiger partial charge in [-0.15, -0.1) is 0 Å². The van der Waals surface area contributed by atoms with Crippen LogP contribution in [0.15, 0.2) is 41.0 Å². The van der Waals surface area contributed by atoms with Gasteiger partial charge in [0.2, 0.25) is 0 Å². The molecule has 0 aliphatic carbocycles. The number of pyridine rings is 1. The Balaban J connectivity index is 2.21. The van der Waals surface area contributed by atoms with E-state index in [0.29, 0.717) is 11.4 Å². The maximum atomic E-state index is 11.8. The minimum Gasteiger partial charge on any atom is -0.506 e. The standard InChI is InChI=1S/C12H10BrN3O2/c13-7-1-4-11(17)10(5-7)16-12(18)9-3-2-8(14)6-15-9/h1-6,17H,14H2,(H,16,18). The summed E-state index contributed by atoms with van der Waals surface area (Å²) in [7, 11) is 0. The predicted molar refractivity (Wildman–Crippen MR) is 72.4 cm³/mol. The number of phenols is 1. The molecule has 4 N–H and O–H groups in total. The molecule has 0 unspecified atom stereocenters. The number of amides is 1. The van der Waals surface area contributed by atoms with Crippen LogP contribution in [0.5, 0.6) is 5.75 Å². The molecule has 0 saturated carbocycles. The highest BCUT2D eigenvalue weighted by molar-refractivity contribution is 9.10. The van der Waals surface area contributed by atoms with E-state index in [9.17, 15) is 9.90 Å². The van der Waals surface area contributed by atoms with Crippen molar-refractivity contribution in [1.29, 1.82) is 0 Å². The summed E-state index contributed by atoms with van der Waals surface area (Å²) in [4.78, 5) is 15.7. The zero-order chi connectivity index (χ0) is 13.1. The van der Waals surface area contributed by atoms with Crippen LogP contribution in [0.2, 0.25) is 0 Å². The number of carbonyl (C=O) groups is 1. The van der Waals surface area contributed by atoms with E-state index in [1.54, 1.807) is 18.2 Å². The maximum absolute atomic E-state index is 11.8. The number of nitrogen functional groups attached to an aromatic ring is 1. The van der Waals surface area contributed by atoms with Crippen molar-refractivity contribution in [2.24, 2.45) is 0 Å². The van der Waals surface area contributed by atoms with E-state index < -0.39 is 5.91 Å². The number of benzene rings is 1. The maximum Gasteiger partial charge on any atom is 0.274 e. The Morgan fingerprint density at radius 1 is 1.33 bits per heavy atom. The van der Waals surface area contributed by atoms with Gasteiger partial charge in [0.25, 0.3) is 5.91 Å². The molecule has 0 aliphatic rings. The second kappa shape index (κ2) is 5.05. The molecule has 1 aromatic heterocycles. The van der Waals surface area contributed by atoms with Gasteiger partial charge in [-0.05, 0) is 30.3 Å². The van der Waals surface area contributed by atoms with Gasteiger partial charge < -0.3 is 16.2 Å². The summed E-state index contributed by atoms with van der Waals surface area (Å²) in [6.45, 7) is 0. The number of hydrogen-bond acceptors (Lipinski definition) is 4. The van der Waals surface area contributed by atoms with Gasteiger partial charge in [-0.25, -0.2) is 4.98 Å². The van der Waals surface area contributed by atoms with Gasteiger partial charge in [0.05, 0.1) is 17.6 Å². The molecule has 0 atom stereocenters. The Hall–Kier alpha value is -2.08. The molecular formula is C12H10BrN3O2. The first-order valence-electron chi connectivity index (χ1n) is 5.07. The van der Waals surface area contributed by atoms with Gasteiger partial charge in [-0.2, -0.15) is 0 Å². The number of hydrogen-bond donors (Lipinski definition) is 3. The molecule has 0 aliphatic heterocycles. The summed E-state index contributed by atoms with van der Waals surface area (Å²) in [5, 5.41) is 12.2. The Labute approximate surface area is 112 Å². The van der Waals surface area contributed by atoms with Gasteiger partial charge in [-0.1, -0.05) is 15.9 Å². The lowest BCUT2D eigenvalue weighted by molar-refractivity contribution is 0.102. The molecule has 0 bridgehead atoms. The fourth-order valence-corrected chi connectivity index (χ4v) is 1.70. The largest absolute Gasteiger partial charge is 0.506 e. The molecule has 6 heteroatoms. The summed E-state index contributed by atoms with van der Waals surface area (Å²) >= 11 is 3.26. The molecule has 1 aromatic carbocycles. The summed E-state index contributed by atoms with van der Waals surface area (Å²) in [5.74, 6) is -0.426. The molecule has 5 nitrogen and oxygen atoms in total. The van der Waals surface area contributed by atoms with E-state index in [1.165, 1.54) is 18.3 Å². The third kappa shape index (κ3) is 2.78. The molecule has 1 amide bonds. The fourth-order valence-electron chi connectivity index (χ4n) is 1.33. The molecule has 0 spiro atoms. The second-order valence-electron chi connectivity index (χ2n) is 3.59. The van der Waals surface area contributed by atoms with Crippen LogP contribution in [0.1, 0.15) is 10.5 Å². The van der Waals surface area contributed by atoms with Crippen LogP contribution in [0.4, 0.5) is 11.4 Å². The van der Waals surface area contributed by atoms with Gasteiger partial charge in [-0.3, -0.25) is 4.79 Å². The number of halogens is 1. The molecule has 92 valence electrons. The first-order valence-corrected chi connectivity index (χ1v) is 5.87. The molecule has 2 aromatic rings. The zero-order valence-electron chi connectivity index (χ0n) is 9.22. The minimum absolute atomic E-state index is 0.0120. The lowest BCUT2D eigenvalue weighted by Gasteiger charge is -2.07. The lowest BCUT2D eigenvalue weighted by atomic mass is 10.2. The molecule has 0 radical (unpaired) electrons. The minimum atomic E-state index is -0.414. The van der Waals surface area contributed by atoms with E-state index in [-0.39, 0.29) is 11.4 Å². The van der Waals surface area contributed by atoms with E-state index in [0.717, 1.165) is 4.47 Å². The fraction of sp³-hybridized carbons (Fsp3) is 0. The van der Waals surface area contributed by atoms with E-state index in [2.05, 4.69) is 26.2 Å². The monoisotopic (exact) mass is 307 g/mol. The van der Waals surface area contributed by atoms with Crippen molar-refractivity contribution in [1.82, 2.24) is 4.98 Å². The number of nitrogens with two attached hydrogens (primary N) is 1. The summed E-state index contributed by atoms with van der Waals surface area (Å²) in [6.07, 6.45) is 1.40. The number of carbonyl (C=O) groups excluding carboxylic acids is 1. The first-order chi connectivity index (χ1) is 8.56. The Morgan fingerprint density at radius 2 is 2.11 bits per heavy atom. The third-order valence-corrected chi connectivity index (χ3v) is 2.72. The smallest absolute Gasteiger partial charge is 0.274 e. The number of aromatic hydroxyl groups is 1. The van der Waals surface area contributed by atoms with Crippen molar-refractivity contribution in [2.75, 3.05) is 11.1 Å². The highest BCUT2D eigenvalue weighted by Crippen LogP contribution is 2.27. The van der Waals surface area contributed by atoms with Crippen molar-refractivity contribution >= 4 is 33.2 Å². The number of phenolic OH excluding ortho intramolecular Hbond substituents is 1. The van der Waals surface area contributed by atoms with Crippen LogP contribution in [-0.4, -0.2) is 16.0 Å². The van der Waals surface area contributed by atoms with Crippen LogP contribution in [0.3, 0.4) is 0 Å². The van der Waals surface area contributed by atoms with Crippen molar-refractivity contribution in [2.45, 2.75) is 0 Å². The average Bonchev–Trinajstić information content (AvgIpc) is 2.34. The van der Waals surface area contributed by atoms with Crippen LogP contribution < -0.4 is 11.1 Å². The zero-order valence-corrected chi connectivity index (χ0v) is 10.8. The highest BCUT2D eigenvalue weighted by atomic mass is 79.9. The average molecular weight is 308 g/mol. The molecule has 0 fully saturated rings. The molecule has 18 heavy (non-hydrogen) atoms. The second-order valence-corrected chi connectivity index (χ2v) is 4.51. The quantitative estimate of drug-likeness (QED) is 0.743. The van der Waals surface area contributed by atoms with E-state index in [4.69, 9.17) is 5.73 Å². The molecular weight excluding hydrogens is 298 g/mol.